The first-order valence-electron chi connectivity index (χ1n) is 7.43. The molecular weight excluding hydrogens is 360 g/mol. The van der Waals surface area contributed by atoms with Gasteiger partial charge in [0.2, 0.25) is 10.0 Å². The van der Waals surface area contributed by atoms with Crippen LogP contribution in [0.1, 0.15) is 17.2 Å². The van der Waals surface area contributed by atoms with Gasteiger partial charge >= 0.3 is 0 Å². The summed E-state index contributed by atoms with van der Waals surface area (Å²) < 4.78 is 28.4. The molecule has 2 aromatic carbocycles. The second-order valence-electron chi connectivity index (χ2n) is 5.49. The molecule has 0 saturated heterocycles. The zero-order valence-corrected chi connectivity index (χ0v) is 14.7. The van der Waals surface area contributed by atoms with Crippen LogP contribution in [0.3, 0.4) is 0 Å². The fourth-order valence-electron chi connectivity index (χ4n) is 2.51. The third-order valence-corrected chi connectivity index (χ3v) is 5.87. The van der Waals surface area contributed by atoms with Crippen LogP contribution in [0.25, 0.3) is 10.1 Å². The first-order valence-corrected chi connectivity index (χ1v) is 9.97. The summed E-state index contributed by atoms with van der Waals surface area (Å²) >= 11 is 1.53. The van der Waals surface area contributed by atoms with Gasteiger partial charge in [0, 0.05) is 4.70 Å². The van der Waals surface area contributed by atoms with Gasteiger partial charge in [-0.3, -0.25) is 10.0 Å². The number of hydrogen-bond donors (Lipinski definition) is 3. The van der Waals surface area contributed by atoms with E-state index in [1.54, 1.807) is 36.4 Å². The van der Waals surface area contributed by atoms with Crippen molar-refractivity contribution in [2.75, 3.05) is 0 Å². The quantitative estimate of drug-likeness (QED) is 0.455. The average Bonchev–Trinajstić information content (AvgIpc) is 3.07. The topological polar surface area (TPSA) is 95.5 Å². The lowest BCUT2D eigenvalue weighted by molar-refractivity contribution is -0.131. The van der Waals surface area contributed by atoms with Crippen molar-refractivity contribution in [1.29, 1.82) is 0 Å². The van der Waals surface area contributed by atoms with Crippen LogP contribution in [0.4, 0.5) is 0 Å². The molecule has 0 unspecified atom stereocenters. The third kappa shape index (κ3) is 4.23. The average molecular weight is 376 g/mol. The van der Waals surface area contributed by atoms with E-state index in [1.807, 2.05) is 23.6 Å². The van der Waals surface area contributed by atoms with Crippen molar-refractivity contribution >= 4 is 37.4 Å². The molecular formula is C17H16N2O4S2. The highest BCUT2D eigenvalue weighted by atomic mass is 32.2. The number of hydrogen-bond acceptors (Lipinski definition) is 5. The van der Waals surface area contributed by atoms with Gasteiger partial charge in [0.05, 0.1) is 5.75 Å². The SMILES string of the molecule is O=C(NO)[C@H](NS(=O)(=O)Cc1ccc2ccsc2c1)c1ccccc1. The maximum absolute atomic E-state index is 12.5. The highest BCUT2D eigenvalue weighted by Gasteiger charge is 2.26. The molecule has 0 aliphatic carbocycles. The predicted molar refractivity (Wildman–Crippen MR) is 96.7 cm³/mol. The van der Waals surface area contributed by atoms with E-state index in [0.29, 0.717) is 11.1 Å². The van der Waals surface area contributed by atoms with E-state index < -0.39 is 22.0 Å². The third-order valence-electron chi connectivity index (χ3n) is 3.68. The number of carbonyl (C=O) groups is 1. The van der Waals surface area contributed by atoms with Gasteiger partial charge in [-0.15, -0.1) is 11.3 Å². The molecule has 130 valence electrons. The van der Waals surface area contributed by atoms with Gasteiger partial charge in [-0.2, -0.15) is 4.72 Å². The number of nitrogens with one attached hydrogen (secondary N) is 2. The van der Waals surface area contributed by atoms with E-state index in [0.717, 1.165) is 10.1 Å². The number of thiophene rings is 1. The minimum atomic E-state index is -3.81. The molecule has 1 aromatic heterocycles. The second kappa shape index (κ2) is 7.32. The number of sulfonamides is 1. The molecule has 3 N–H and O–H groups in total. The Hall–Kier alpha value is -2.26. The summed E-state index contributed by atoms with van der Waals surface area (Å²) in [7, 11) is -3.81. The predicted octanol–water partition coefficient (Wildman–Crippen LogP) is 2.57. The first-order chi connectivity index (χ1) is 12.0. The number of rotatable bonds is 6. The Bertz CT molecular complexity index is 984. The highest BCUT2D eigenvalue weighted by molar-refractivity contribution is 7.88. The van der Waals surface area contributed by atoms with Gasteiger partial charge in [0.1, 0.15) is 6.04 Å². The van der Waals surface area contributed by atoms with Crippen molar-refractivity contribution in [3.63, 3.8) is 0 Å². The Kier molecular flexibility index (Phi) is 5.14. The van der Waals surface area contributed by atoms with Crippen LogP contribution in [0.5, 0.6) is 0 Å². The Balaban J connectivity index is 1.83. The Morgan fingerprint density at radius 1 is 1.12 bits per heavy atom. The largest absolute Gasteiger partial charge is 0.289 e. The van der Waals surface area contributed by atoms with Crippen molar-refractivity contribution in [3.8, 4) is 0 Å². The lowest BCUT2D eigenvalue weighted by atomic mass is 10.1. The summed E-state index contributed by atoms with van der Waals surface area (Å²) in [5, 5.41) is 11.9. The lowest BCUT2D eigenvalue weighted by Crippen LogP contribution is -2.39. The Labute approximate surface area is 149 Å². The van der Waals surface area contributed by atoms with Gasteiger partial charge < -0.3 is 0 Å². The summed E-state index contributed by atoms with van der Waals surface area (Å²) in [5.74, 6) is -1.11. The van der Waals surface area contributed by atoms with Crippen LogP contribution in [-0.4, -0.2) is 19.5 Å². The maximum atomic E-state index is 12.5. The first kappa shape index (κ1) is 17.6. The molecule has 3 aromatic rings. The van der Waals surface area contributed by atoms with Crippen molar-refractivity contribution in [2.45, 2.75) is 11.8 Å². The van der Waals surface area contributed by atoms with Crippen LogP contribution in [0.15, 0.2) is 60.0 Å². The molecule has 8 heteroatoms. The smallest absolute Gasteiger partial charge is 0.266 e. The number of benzene rings is 2. The molecule has 0 radical (unpaired) electrons. The molecule has 0 aliphatic heterocycles. The highest BCUT2D eigenvalue weighted by Crippen LogP contribution is 2.23. The van der Waals surface area contributed by atoms with Crippen LogP contribution in [-0.2, 0) is 20.6 Å². The van der Waals surface area contributed by atoms with Crippen LogP contribution in [0.2, 0.25) is 0 Å². The molecule has 0 bridgehead atoms. The van der Waals surface area contributed by atoms with Gasteiger partial charge in [-0.25, -0.2) is 13.9 Å². The molecule has 0 saturated carbocycles. The molecule has 0 aliphatic rings. The van der Waals surface area contributed by atoms with Gasteiger partial charge in [-0.05, 0) is 34.0 Å². The fraction of sp³-hybridized carbons (Fsp3) is 0.118. The van der Waals surface area contributed by atoms with Crippen molar-refractivity contribution in [3.05, 3.63) is 71.1 Å². The summed E-state index contributed by atoms with van der Waals surface area (Å²) in [6.07, 6.45) is 0. The normalized spacial score (nSPS) is 12.8. The molecule has 0 spiro atoms. The standard InChI is InChI=1S/C17H16N2O4S2/c20-17(18-21)16(14-4-2-1-3-5-14)19-25(22,23)11-12-6-7-13-8-9-24-15(13)10-12/h1-10,16,19,21H,11H2,(H,18,20)/t16-/m1/s1. The second-order valence-corrected chi connectivity index (χ2v) is 8.19. The van der Waals surface area contributed by atoms with Crippen molar-refractivity contribution < 1.29 is 18.4 Å². The molecule has 1 amide bonds. The molecule has 1 atom stereocenters. The van der Waals surface area contributed by atoms with Gasteiger partial charge in [0.15, 0.2) is 0 Å². The minimum absolute atomic E-state index is 0.261. The van der Waals surface area contributed by atoms with Crippen molar-refractivity contribution in [2.24, 2.45) is 0 Å². The van der Waals surface area contributed by atoms with Crippen LogP contribution >= 0.6 is 11.3 Å². The molecule has 25 heavy (non-hydrogen) atoms. The van der Waals surface area contributed by atoms with E-state index >= 15 is 0 Å². The zero-order valence-electron chi connectivity index (χ0n) is 13.0. The molecule has 3 rings (SSSR count). The van der Waals surface area contributed by atoms with Crippen LogP contribution in [0, 0.1) is 0 Å². The number of hydroxylamine groups is 1. The van der Waals surface area contributed by atoms with E-state index in [4.69, 9.17) is 5.21 Å². The van der Waals surface area contributed by atoms with Gasteiger partial charge in [-0.1, -0.05) is 42.5 Å². The monoisotopic (exact) mass is 376 g/mol. The molecule has 6 nitrogen and oxygen atoms in total. The van der Waals surface area contributed by atoms with Crippen LogP contribution < -0.4 is 10.2 Å². The Morgan fingerprint density at radius 3 is 2.60 bits per heavy atom. The Morgan fingerprint density at radius 2 is 1.88 bits per heavy atom. The summed E-state index contributed by atoms with van der Waals surface area (Å²) in [6, 6.07) is 14.5. The van der Waals surface area contributed by atoms with E-state index in [1.165, 1.54) is 16.8 Å². The van der Waals surface area contributed by atoms with E-state index in [2.05, 4.69) is 4.72 Å². The molecule has 0 fully saturated rings. The summed E-state index contributed by atoms with van der Waals surface area (Å²) in [4.78, 5) is 11.9. The van der Waals surface area contributed by atoms with E-state index in [9.17, 15) is 13.2 Å². The summed E-state index contributed by atoms with van der Waals surface area (Å²) in [6.45, 7) is 0. The fourth-order valence-corrected chi connectivity index (χ4v) is 4.67. The number of amides is 1. The molecule has 1 heterocycles. The zero-order chi connectivity index (χ0) is 17.9. The summed E-state index contributed by atoms with van der Waals surface area (Å²) in [5.41, 5.74) is 2.57. The maximum Gasteiger partial charge on any atom is 0.266 e. The number of carbonyl (C=O) groups excluding carboxylic acids is 1. The van der Waals surface area contributed by atoms with Crippen molar-refractivity contribution in [1.82, 2.24) is 10.2 Å². The minimum Gasteiger partial charge on any atom is -0.289 e. The van der Waals surface area contributed by atoms with Gasteiger partial charge in [0.25, 0.3) is 5.91 Å². The lowest BCUT2D eigenvalue weighted by Gasteiger charge is -2.17. The van der Waals surface area contributed by atoms with E-state index in [-0.39, 0.29) is 5.75 Å². The number of fused-ring (bicyclic) bond motifs is 1.